The topological polar surface area (TPSA) is 78.5 Å². The first-order valence-electron chi connectivity index (χ1n) is 4.21. The summed E-state index contributed by atoms with van der Waals surface area (Å²) in [4.78, 5) is 26.3. The number of aldehydes is 1. The normalized spacial score (nSPS) is 27.6. The van der Waals surface area contributed by atoms with Crippen LogP contribution in [0, 0.1) is 0 Å². The van der Waals surface area contributed by atoms with Crippen molar-refractivity contribution in [2.75, 3.05) is 13.1 Å². The molecule has 72 valence electrons. The third-order valence-corrected chi connectivity index (χ3v) is 2.01. The van der Waals surface area contributed by atoms with Gasteiger partial charge in [-0.3, -0.25) is 4.99 Å². The molecule has 2 heterocycles. The molecule has 0 bridgehead atoms. The Morgan fingerprint density at radius 2 is 2.43 bits per heavy atom. The van der Waals surface area contributed by atoms with Crippen LogP contribution in [0.4, 0.5) is 0 Å². The van der Waals surface area contributed by atoms with Gasteiger partial charge in [-0.1, -0.05) is 0 Å². The maximum atomic E-state index is 10.1. The molecular formula is C8H9N5O. The molecule has 0 amide bonds. The number of nitrogens with zero attached hydrogens (tertiary/aromatic N) is 4. The molecule has 0 radical (unpaired) electrons. The maximum Gasteiger partial charge on any atom is 0.169 e. The molecule has 1 N–H and O–H groups in total. The van der Waals surface area contributed by atoms with E-state index in [1.165, 1.54) is 12.7 Å². The molecule has 0 aliphatic carbocycles. The number of carbonyl (C=O) groups excluding carboxylic acids is 1. The average molecular weight is 191 g/mol. The quantitative estimate of drug-likeness (QED) is 0.460. The van der Waals surface area contributed by atoms with Gasteiger partial charge in [-0.2, -0.15) is 0 Å². The molecule has 2 aliphatic heterocycles. The lowest BCUT2D eigenvalue weighted by Crippen LogP contribution is -2.46. The molecule has 0 fully saturated rings. The summed E-state index contributed by atoms with van der Waals surface area (Å²) in [6.07, 6.45) is 5.38. The van der Waals surface area contributed by atoms with E-state index in [4.69, 9.17) is 0 Å². The Morgan fingerprint density at radius 3 is 3.29 bits per heavy atom. The van der Waals surface area contributed by atoms with Crippen LogP contribution in [0.2, 0.25) is 0 Å². The highest BCUT2D eigenvalue weighted by Gasteiger charge is 2.37. The van der Waals surface area contributed by atoms with Crippen LogP contribution in [0.5, 0.6) is 0 Å². The summed E-state index contributed by atoms with van der Waals surface area (Å²) in [6.45, 7) is 0.782. The second-order valence-corrected chi connectivity index (χ2v) is 2.94. The molecular weight excluding hydrogens is 182 g/mol. The molecule has 0 aromatic rings. The second-order valence-electron chi connectivity index (χ2n) is 2.94. The summed E-state index contributed by atoms with van der Waals surface area (Å²) in [7, 11) is 0. The molecule has 0 saturated heterocycles. The van der Waals surface area contributed by atoms with Gasteiger partial charge in [0, 0.05) is 12.8 Å². The van der Waals surface area contributed by atoms with Crippen LogP contribution >= 0.6 is 0 Å². The zero-order valence-corrected chi connectivity index (χ0v) is 7.42. The summed E-state index contributed by atoms with van der Waals surface area (Å²) in [5.41, 5.74) is -0.599. The molecule has 14 heavy (non-hydrogen) atoms. The first-order chi connectivity index (χ1) is 6.87. The summed E-state index contributed by atoms with van der Waals surface area (Å²) in [5.74, 6) is 0.617. The van der Waals surface area contributed by atoms with E-state index in [1.807, 2.05) is 0 Å². The Kier molecular flexibility index (Phi) is 2.28. The van der Waals surface area contributed by atoms with E-state index < -0.39 is 5.54 Å². The summed E-state index contributed by atoms with van der Waals surface area (Å²) in [5, 5.41) is 2.94. The van der Waals surface area contributed by atoms with E-state index in [0.717, 1.165) is 6.29 Å². The molecule has 1 atom stereocenters. The number of aliphatic imine (C=N–C) groups is 4. The number of rotatable bonds is 4. The van der Waals surface area contributed by atoms with Crippen molar-refractivity contribution >= 4 is 31.0 Å². The van der Waals surface area contributed by atoms with Gasteiger partial charge in [-0.05, 0) is 0 Å². The number of carbonyl (C=O) groups is 1. The van der Waals surface area contributed by atoms with E-state index in [-0.39, 0.29) is 0 Å². The van der Waals surface area contributed by atoms with Crippen molar-refractivity contribution in [3.8, 4) is 0 Å². The SMILES string of the molecule is O=CCNCC12C=NC=NC1=NC=N2. The molecule has 0 saturated carbocycles. The highest BCUT2D eigenvalue weighted by molar-refractivity contribution is 6.18. The van der Waals surface area contributed by atoms with Gasteiger partial charge in [0.2, 0.25) is 0 Å². The predicted octanol–water partition coefficient (Wildman–Crippen LogP) is -0.933. The van der Waals surface area contributed by atoms with Gasteiger partial charge in [-0.25, -0.2) is 15.0 Å². The highest BCUT2D eigenvalue weighted by atomic mass is 16.1. The van der Waals surface area contributed by atoms with E-state index in [0.29, 0.717) is 18.9 Å². The smallest absolute Gasteiger partial charge is 0.169 e. The van der Waals surface area contributed by atoms with Crippen molar-refractivity contribution in [1.29, 1.82) is 0 Å². The Balaban J connectivity index is 2.10. The fourth-order valence-corrected chi connectivity index (χ4v) is 1.33. The van der Waals surface area contributed by atoms with Crippen molar-refractivity contribution in [1.82, 2.24) is 5.32 Å². The zero-order chi connectivity index (χ0) is 9.86. The fraction of sp³-hybridized carbons (Fsp3) is 0.375. The molecule has 0 aromatic heterocycles. The molecule has 0 aromatic carbocycles. The van der Waals surface area contributed by atoms with Crippen LogP contribution < -0.4 is 5.32 Å². The van der Waals surface area contributed by atoms with Crippen LogP contribution in [-0.2, 0) is 4.79 Å². The largest absolute Gasteiger partial charge is 0.307 e. The number of hydrogen-bond acceptors (Lipinski definition) is 6. The van der Waals surface area contributed by atoms with Crippen LogP contribution in [0.1, 0.15) is 0 Å². The average Bonchev–Trinajstić information content (AvgIpc) is 2.62. The monoisotopic (exact) mass is 191 g/mol. The first kappa shape index (κ1) is 8.89. The lowest BCUT2D eigenvalue weighted by Gasteiger charge is -2.22. The Bertz CT molecular complexity index is 357. The molecule has 2 rings (SSSR count). The van der Waals surface area contributed by atoms with Crippen LogP contribution in [0.15, 0.2) is 20.0 Å². The molecule has 2 aliphatic rings. The second kappa shape index (κ2) is 3.59. The predicted molar refractivity (Wildman–Crippen MR) is 54.6 cm³/mol. The first-order valence-corrected chi connectivity index (χ1v) is 4.21. The Hall–Kier alpha value is -1.69. The van der Waals surface area contributed by atoms with Crippen molar-refractivity contribution in [3.63, 3.8) is 0 Å². The van der Waals surface area contributed by atoms with Crippen molar-refractivity contribution in [2.45, 2.75) is 5.54 Å². The standard InChI is InChI=1S/C8H9N5O/c14-2-1-9-3-8-4-10-5-11-7(8)12-6-13-8/h2,4-6,9H,1,3H2. The van der Waals surface area contributed by atoms with Gasteiger partial charge in [0.05, 0.1) is 6.54 Å². The van der Waals surface area contributed by atoms with E-state index in [9.17, 15) is 4.79 Å². The number of fused-ring (bicyclic) bond motifs is 1. The molecule has 1 unspecified atom stereocenters. The van der Waals surface area contributed by atoms with Crippen molar-refractivity contribution in [3.05, 3.63) is 0 Å². The number of amidine groups is 1. The third kappa shape index (κ3) is 1.39. The van der Waals surface area contributed by atoms with Gasteiger partial charge in [0.25, 0.3) is 0 Å². The lowest BCUT2D eigenvalue weighted by molar-refractivity contribution is -0.107. The molecule has 0 spiro atoms. The zero-order valence-electron chi connectivity index (χ0n) is 7.42. The lowest BCUT2D eigenvalue weighted by atomic mass is 10.0. The summed E-state index contributed by atoms with van der Waals surface area (Å²) >= 11 is 0. The number of hydrogen-bond donors (Lipinski definition) is 1. The van der Waals surface area contributed by atoms with Crippen LogP contribution in [0.25, 0.3) is 0 Å². The van der Waals surface area contributed by atoms with Gasteiger partial charge in [0.15, 0.2) is 11.4 Å². The minimum atomic E-state index is -0.599. The van der Waals surface area contributed by atoms with Crippen molar-refractivity contribution < 1.29 is 4.79 Å². The Morgan fingerprint density at radius 1 is 1.50 bits per heavy atom. The van der Waals surface area contributed by atoms with E-state index in [2.05, 4.69) is 25.3 Å². The Labute approximate surface area is 80.6 Å². The van der Waals surface area contributed by atoms with Crippen LogP contribution in [0.3, 0.4) is 0 Å². The summed E-state index contributed by atoms with van der Waals surface area (Å²) in [6, 6.07) is 0. The minimum Gasteiger partial charge on any atom is -0.307 e. The molecule has 6 heteroatoms. The van der Waals surface area contributed by atoms with Gasteiger partial charge in [0.1, 0.15) is 19.0 Å². The highest BCUT2D eigenvalue weighted by Crippen LogP contribution is 2.17. The number of nitrogens with one attached hydrogen (secondary N) is 1. The van der Waals surface area contributed by atoms with E-state index >= 15 is 0 Å². The fourth-order valence-electron chi connectivity index (χ4n) is 1.33. The summed E-state index contributed by atoms with van der Waals surface area (Å²) < 4.78 is 0. The van der Waals surface area contributed by atoms with Gasteiger partial charge >= 0.3 is 0 Å². The minimum absolute atomic E-state index is 0.294. The van der Waals surface area contributed by atoms with E-state index in [1.54, 1.807) is 6.21 Å². The maximum absolute atomic E-state index is 10.1. The van der Waals surface area contributed by atoms with Crippen molar-refractivity contribution in [2.24, 2.45) is 20.0 Å². The molecule has 6 nitrogen and oxygen atoms in total. The van der Waals surface area contributed by atoms with Gasteiger partial charge in [-0.15, -0.1) is 0 Å². The van der Waals surface area contributed by atoms with Crippen LogP contribution in [-0.4, -0.2) is 49.6 Å². The third-order valence-electron chi connectivity index (χ3n) is 2.01. The van der Waals surface area contributed by atoms with Gasteiger partial charge < -0.3 is 10.1 Å².